The minimum absolute atomic E-state index is 0.369. The Labute approximate surface area is 102 Å². The number of halogens is 1. The molecule has 0 aliphatic heterocycles. The number of aromatic nitrogens is 4. The summed E-state index contributed by atoms with van der Waals surface area (Å²) in [6, 6.07) is 5.40. The van der Waals surface area contributed by atoms with Crippen molar-refractivity contribution in [2.75, 3.05) is 0 Å². The average Bonchev–Trinajstić information content (AvgIpc) is 2.85. The van der Waals surface area contributed by atoms with Crippen LogP contribution in [0.5, 0.6) is 0 Å². The van der Waals surface area contributed by atoms with Crippen molar-refractivity contribution in [2.45, 2.75) is 13.8 Å². The predicted octanol–water partition coefficient (Wildman–Crippen LogP) is 2.65. The molecule has 6 heteroatoms. The third kappa shape index (κ3) is 1.59. The summed E-state index contributed by atoms with van der Waals surface area (Å²) in [5.74, 6) is 2.83. The van der Waals surface area contributed by atoms with Crippen LogP contribution in [0.15, 0.2) is 22.6 Å². The summed E-state index contributed by atoms with van der Waals surface area (Å²) in [6.45, 7) is 3.74. The number of hydrogen-bond donors (Lipinski definition) is 0. The normalized spacial score (nSPS) is 11.2. The van der Waals surface area contributed by atoms with Crippen LogP contribution in [0.4, 0.5) is 0 Å². The second kappa shape index (κ2) is 3.56. The maximum atomic E-state index is 5.96. The fraction of sp³-hybridized carbons (Fsp3) is 0.182. The van der Waals surface area contributed by atoms with Crippen molar-refractivity contribution in [3.8, 4) is 11.6 Å². The van der Waals surface area contributed by atoms with E-state index >= 15 is 0 Å². The molecule has 0 amide bonds. The smallest absolute Gasteiger partial charge is 0.184 e. The van der Waals surface area contributed by atoms with Gasteiger partial charge in [0, 0.05) is 6.07 Å². The molecule has 3 aromatic heterocycles. The monoisotopic (exact) mass is 248 g/mol. The highest BCUT2D eigenvalue weighted by atomic mass is 35.5. The second-order valence-corrected chi connectivity index (χ2v) is 4.14. The van der Waals surface area contributed by atoms with Crippen LogP contribution in [0.25, 0.3) is 17.2 Å². The molecule has 0 N–H and O–H groups in total. The van der Waals surface area contributed by atoms with Crippen molar-refractivity contribution in [2.24, 2.45) is 0 Å². The topological polar surface area (TPSA) is 56.2 Å². The molecule has 3 heterocycles. The molecule has 0 aromatic carbocycles. The Kier molecular flexibility index (Phi) is 2.16. The van der Waals surface area contributed by atoms with Gasteiger partial charge in [-0.2, -0.15) is 0 Å². The van der Waals surface area contributed by atoms with E-state index in [1.54, 1.807) is 6.07 Å². The molecular weight excluding hydrogens is 240 g/mol. The first kappa shape index (κ1) is 10.3. The molecule has 86 valence electrons. The maximum Gasteiger partial charge on any atom is 0.184 e. The standard InChI is InChI=1S/C11H9ClN4O/c1-6-3-4-8(17-6)11-13-9(12)5-10-15-14-7(2)16(10)11/h3-5H,1-2H3. The van der Waals surface area contributed by atoms with E-state index in [9.17, 15) is 0 Å². The van der Waals surface area contributed by atoms with Crippen molar-refractivity contribution < 1.29 is 4.42 Å². The van der Waals surface area contributed by atoms with Crippen LogP contribution in [0, 0.1) is 13.8 Å². The fourth-order valence-corrected chi connectivity index (χ4v) is 1.92. The van der Waals surface area contributed by atoms with Crippen LogP contribution in [0.3, 0.4) is 0 Å². The predicted molar refractivity (Wildman–Crippen MR) is 63.0 cm³/mol. The van der Waals surface area contributed by atoms with Crippen molar-refractivity contribution in [3.05, 3.63) is 34.9 Å². The first-order chi connectivity index (χ1) is 8.15. The van der Waals surface area contributed by atoms with Gasteiger partial charge in [0.1, 0.15) is 16.7 Å². The molecule has 0 unspecified atom stereocenters. The molecule has 0 radical (unpaired) electrons. The van der Waals surface area contributed by atoms with Crippen LogP contribution in [0.1, 0.15) is 11.6 Å². The molecule has 0 aliphatic rings. The molecule has 0 bridgehead atoms. The molecule has 0 atom stereocenters. The van der Waals surface area contributed by atoms with E-state index in [1.165, 1.54) is 0 Å². The van der Waals surface area contributed by atoms with E-state index in [2.05, 4.69) is 15.2 Å². The van der Waals surface area contributed by atoms with Gasteiger partial charge in [-0.25, -0.2) is 4.98 Å². The molecule has 0 spiro atoms. The van der Waals surface area contributed by atoms with Crippen molar-refractivity contribution in [3.63, 3.8) is 0 Å². The van der Waals surface area contributed by atoms with Crippen LogP contribution < -0.4 is 0 Å². The number of aryl methyl sites for hydroxylation is 2. The Morgan fingerprint density at radius 2 is 2.06 bits per heavy atom. The Hall–Kier alpha value is -1.88. The van der Waals surface area contributed by atoms with E-state index < -0.39 is 0 Å². The third-order valence-electron chi connectivity index (χ3n) is 2.48. The summed E-state index contributed by atoms with van der Waals surface area (Å²) in [5, 5.41) is 8.39. The Morgan fingerprint density at radius 1 is 1.24 bits per heavy atom. The summed E-state index contributed by atoms with van der Waals surface area (Å²) in [7, 11) is 0. The van der Waals surface area contributed by atoms with Gasteiger partial charge >= 0.3 is 0 Å². The molecule has 0 aliphatic carbocycles. The van der Waals surface area contributed by atoms with Gasteiger partial charge in [-0.1, -0.05) is 11.6 Å². The zero-order valence-corrected chi connectivity index (χ0v) is 10.1. The van der Waals surface area contributed by atoms with E-state index in [1.807, 2.05) is 30.4 Å². The molecule has 0 saturated heterocycles. The van der Waals surface area contributed by atoms with Gasteiger partial charge in [0.2, 0.25) is 0 Å². The Balaban J connectivity index is 2.37. The highest BCUT2D eigenvalue weighted by Crippen LogP contribution is 2.23. The Morgan fingerprint density at radius 3 is 2.76 bits per heavy atom. The first-order valence-corrected chi connectivity index (χ1v) is 5.48. The molecular formula is C11H9ClN4O. The highest BCUT2D eigenvalue weighted by Gasteiger charge is 2.14. The van der Waals surface area contributed by atoms with Crippen LogP contribution in [0.2, 0.25) is 5.15 Å². The number of rotatable bonds is 1. The van der Waals surface area contributed by atoms with Gasteiger partial charge in [0.15, 0.2) is 17.2 Å². The van der Waals surface area contributed by atoms with E-state index in [0.717, 1.165) is 11.6 Å². The lowest BCUT2D eigenvalue weighted by atomic mass is 10.4. The molecule has 17 heavy (non-hydrogen) atoms. The van der Waals surface area contributed by atoms with Crippen LogP contribution >= 0.6 is 11.6 Å². The van der Waals surface area contributed by atoms with Gasteiger partial charge in [-0.05, 0) is 26.0 Å². The summed E-state index contributed by atoms with van der Waals surface area (Å²) < 4.78 is 7.37. The van der Waals surface area contributed by atoms with Gasteiger partial charge < -0.3 is 4.42 Å². The molecule has 5 nitrogen and oxygen atoms in total. The minimum atomic E-state index is 0.369. The highest BCUT2D eigenvalue weighted by molar-refractivity contribution is 6.29. The number of nitrogens with zero attached hydrogens (tertiary/aromatic N) is 4. The minimum Gasteiger partial charge on any atom is -0.458 e. The van der Waals surface area contributed by atoms with Gasteiger partial charge in [-0.15, -0.1) is 10.2 Å². The summed E-state index contributed by atoms with van der Waals surface area (Å²) in [6.07, 6.45) is 0. The Bertz CT molecular complexity index is 701. The van der Waals surface area contributed by atoms with Gasteiger partial charge in [-0.3, -0.25) is 4.40 Å². The lowest BCUT2D eigenvalue weighted by molar-refractivity contribution is 0.543. The first-order valence-electron chi connectivity index (χ1n) is 5.10. The van der Waals surface area contributed by atoms with E-state index in [0.29, 0.717) is 22.4 Å². The van der Waals surface area contributed by atoms with Gasteiger partial charge in [0.05, 0.1) is 0 Å². The largest absolute Gasteiger partial charge is 0.458 e. The lowest BCUT2D eigenvalue weighted by Crippen LogP contribution is -1.97. The summed E-state index contributed by atoms with van der Waals surface area (Å²) >= 11 is 5.96. The SMILES string of the molecule is Cc1ccc(-c2nc(Cl)cc3nnc(C)n23)o1. The molecule has 0 fully saturated rings. The van der Waals surface area contributed by atoms with E-state index in [4.69, 9.17) is 16.0 Å². The number of fused-ring (bicyclic) bond motifs is 1. The van der Waals surface area contributed by atoms with Crippen molar-refractivity contribution in [1.29, 1.82) is 0 Å². The van der Waals surface area contributed by atoms with Crippen molar-refractivity contribution in [1.82, 2.24) is 19.6 Å². The van der Waals surface area contributed by atoms with Crippen LogP contribution in [-0.4, -0.2) is 19.6 Å². The quantitative estimate of drug-likeness (QED) is 0.621. The zero-order valence-electron chi connectivity index (χ0n) is 9.31. The van der Waals surface area contributed by atoms with E-state index in [-0.39, 0.29) is 0 Å². The average molecular weight is 249 g/mol. The lowest BCUT2D eigenvalue weighted by Gasteiger charge is -2.02. The maximum absolute atomic E-state index is 5.96. The molecule has 3 aromatic rings. The summed E-state index contributed by atoms with van der Waals surface area (Å²) in [5.41, 5.74) is 0.659. The van der Waals surface area contributed by atoms with Crippen molar-refractivity contribution >= 4 is 17.2 Å². The van der Waals surface area contributed by atoms with Gasteiger partial charge in [0.25, 0.3) is 0 Å². The molecule has 0 saturated carbocycles. The number of furan rings is 1. The second-order valence-electron chi connectivity index (χ2n) is 3.75. The summed E-state index contributed by atoms with van der Waals surface area (Å²) in [4.78, 5) is 4.27. The number of hydrogen-bond acceptors (Lipinski definition) is 4. The zero-order chi connectivity index (χ0) is 12.0. The molecule has 3 rings (SSSR count). The fourth-order valence-electron chi connectivity index (χ4n) is 1.74. The van der Waals surface area contributed by atoms with Crippen LogP contribution in [-0.2, 0) is 0 Å². The third-order valence-corrected chi connectivity index (χ3v) is 2.68.